The molecule has 0 fully saturated rings. The summed E-state index contributed by atoms with van der Waals surface area (Å²) in [5, 5.41) is 7.80. The molecule has 0 aliphatic rings. The van der Waals surface area contributed by atoms with E-state index >= 15 is 0 Å². The van der Waals surface area contributed by atoms with Gasteiger partial charge in [0.2, 0.25) is 0 Å². The van der Waals surface area contributed by atoms with Crippen LogP contribution in [-0.2, 0) is 11.2 Å². The standard InChI is InChI=1S/C26H22BrClN4O4/c1-3-23-31-21-10-9-17(27)13-19(21)26(34)32(23)29-14-16-11-20(28)25(22(12-16)35-2)36-15-24(33)30-18-7-5-4-6-8-18/h4-14H,3,15H2,1-2H3,(H,30,33). The van der Waals surface area contributed by atoms with Gasteiger partial charge in [0, 0.05) is 16.6 Å². The van der Waals surface area contributed by atoms with Crippen LogP contribution in [0.5, 0.6) is 11.5 Å². The first-order valence-corrected chi connectivity index (χ1v) is 12.2. The number of ether oxygens (including phenoxy) is 2. The summed E-state index contributed by atoms with van der Waals surface area (Å²) < 4.78 is 13.1. The van der Waals surface area contributed by atoms with Gasteiger partial charge in [-0.25, -0.2) is 4.98 Å². The molecule has 1 N–H and O–H groups in total. The number of nitrogens with one attached hydrogen (secondary N) is 1. The molecule has 0 radical (unpaired) electrons. The summed E-state index contributed by atoms with van der Waals surface area (Å²) in [5.41, 5.74) is 1.56. The fraction of sp³-hybridized carbons (Fsp3) is 0.154. The topological polar surface area (TPSA) is 94.8 Å². The van der Waals surface area contributed by atoms with Crippen molar-refractivity contribution in [2.75, 3.05) is 19.0 Å². The lowest BCUT2D eigenvalue weighted by atomic mass is 10.2. The van der Waals surface area contributed by atoms with Gasteiger partial charge in [-0.05, 0) is 48.0 Å². The maximum Gasteiger partial charge on any atom is 0.282 e. The number of nitrogens with zero attached hydrogens (tertiary/aromatic N) is 3. The minimum atomic E-state index is -0.341. The SMILES string of the molecule is CCc1nc2ccc(Br)cc2c(=O)n1N=Cc1cc(Cl)c(OCC(=O)Nc2ccccc2)c(OC)c1. The van der Waals surface area contributed by atoms with E-state index in [9.17, 15) is 9.59 Å². The number of methoxy groups -OCH3 is 1. The number of carbonyl (C=O) groups excluding carboxylic acids is 1. The van der Waals surface area contributed by atoms with Gasteiger partial charge < -0.3 is 14.8 Å². The molecule has 0 aliphatic heterocycles. The lowest BCUT2D eigenvalue weighted by Crippen LogP contribution is -2.22. The summed E-state index contributed by atoms with van der Waals surface area (Å²) in [5.74, 6) is 0.726. The summed E-state index contributed by atoms with van der Waals surface area (Å²) in [4.78, 5) is 29.9. The van der Waals surface area contributed by atoms with Gasteiger partial charge in [-0.2, -0.15) is 9.78 Å². The molecule has 0 bridgehead atoms. The van der Waals surface area contributed by atoms with Gasteiger partial charge in [-0.15, -0.1) is 0 Å². The first-order valence-electron chi connectivity index (χ1n) is 11.0. The van der Waals surface area contributed by atoms with Crippen LogP contribution in [0.1, 0.15) is 18.3 Å². The van der Waals surface area contributed by atoms with E-state index in [1.165, 1.54) is 18.0 Å². The molecule has 3 aromatic carbocycles. The van der Waals surface area contributed by atoms with E-state index in [0.29, 0.717) is 40.1 Å². The molecule has 0 saturated heterocycles. The smallest absolute Gasteiger partial charge is 0.282 e. The Bertz CT molecular complexity index is 1510. The summed E-state index contributed by atoms with van der Waals surface area (Å²) >= 11 is 9.83. The van der Waals surface area contributed by atoms with Gasteiger partial charge in [0.1, 0.15) is 5.82 Å². The predicted octanol–water partition coefficient (Wildman–Crippen LogP) is 5.28. The highest BCUT2D eigenvalue weighted by Gasteiger charge is 2.14. The van der Waals surface area contributed by atoms with Crippen LogP contribution in [0.3, 0.4) is 0 Å². The van der Waals surface area contributed by atoms with Crippen LogP contribution in [0.15, 0.2) is 75.0 Å². The molecule has 4 aromatic rings. The molecule has 0 aliphatic carbocycles. The van der Waals surface area contributed by atoms with Crippen LogP contribution in [0.4, 0.5) is 5.69 Å². The number of aromatic nitrogens is 2. The summed E-state index contributed by atoms with van der Waals surface area (Å²) in [6.45, 7) is 1.64. The molecule has 36 heavy (non-hydrogen) atoms. The first-order chi connectivity index (χ1) is 17.4. The Balaban J connectivity index is 1.58. The molecule has 0 spiro atoms. The average Bonchev–Trinajstić information content (AvgIpc) is 2.88. The second-order valence-electron chi connectivity index (χ2n) is 7.64. The van der Waals surface area contributed by atoms with Crippen LogP contribution in [-0.4, -0.2) is 35.5 Å². The van der Waals surface area contributed by atoms with Crippen molar-refractivity contribution in [3.05, 3.63) is 91.9 Å². The zero-order valence-electron chi connectivity index (χ0n) is 19.5. The van der Waals surface area contributed by atoms with Crippen molar-refractivity contribution in [1.82, 2.24) is 9.66 Å². The molecule has 0 unspecified atom stereocenters. The number of benzene rings is 3. The number of rotatable bonds is 8. The molecule has 8 nitrogen and oxygen atoms in total. The Morgan fingerprint density at radius 2 is 1.97 bits per heavy atom. The number of carbonyl (C=O) groups is 1. The van der Waals surface area contributed by atoms with Crippen molar-refractivity contribution in [3.8, 4) is 11.5 Å². The quantitative estimate of drug-likeness (QED) is 0.291. The van der Waals surface area contributed by atoms with Crippen LogP contribution >= 0.6 is 27.5 Å². The van der Waals surface area contributed by atoms with E-state index < -0.39 is 0 Å². The number of hydrogen-bond acceptors (Lipinski definition) is 6. The third-order valence-corrected chi connectivity index (χ3v) is 5.94. The van der Waals surface area contributed by atoms with E-state index in [0.717, 1.165) is 4.47 Å². The summed E-state index contributed by atoms with van der Waals surface area (Å²) in [7, 11) is 1.47. The Hall–Kier alpha value is -3.69. The number of anilines is 1. The predicted molar refractivity (Wildman–Crippen MR) is 145 cm³/mol. The van der Waals surface area contributed by atoms with Crippen LogP contribution in [0.25, 0.3) is 10.9 Å². The van der Waals surface area contributed by atoms with Crippen molar-refractivity contribution in [2.24, 2.45) is 5.10 Å². The second-order valence-corrected chi connectivity index (χ2v) is 8.96. The number of para-hydroxylation sites is 1. The van der Waals surface area contributed by atoms with Crippen LogP contribution in [0.2, 0.25) is 5.02 Å². The largest absolute Gasteiger partial charge is 0.493 e. The lowest BCUT2D eigenvalue weighted by Gasteiger charge is -2.13. The minimum absolute atomic E-state index is 0.225. The fourth-order valence-electron chi connectivity index (χ4n) is 3.48. The monoisotopic (exact) mass is 568 g/mol. The molecule has 0 saturated carbocycles. The minimum Gasteiger partial charge on any atom is -0.493 e. The molecule has 1 aromatic heterocycles. The van der Waals surface area contributed by atoms with Crippen LogP contribution < -0.4 is 20.3 Å². The average molecular weight is 570 g/mol. The number of amides is 1. The van der Waals surface area contributed by atoms with Gasteiger partial charge in [-0.1, -0.05) is 52.7 Å². The molecular formula is C26H22BrClN4O4. The molecule has 0 atom stereocenters. The lowest BCUT2D eigenvalue weighted by molar-refractivity contribution is -0.118. The van der Waals surface area contributed by atoms with Gasteiger partial charge in [0.05, 0.1) is 29.2 Å². The van der Waals surface area contributed by atoms with E-state index in [2.05, 4.69) is 31.3 Å². The highest BCUT2D eigenvalue weighted by Crippen LogP contribution is 2.36. The third kappa shape index (κ3) is 5.75. The molecule has 1 heterocycles. The molecular weight excluding hydrogens is 548 g/mol. The number of fused-ring (bicyclic) bond motifs is 1. The second kappa shape index (κ2) is 11.4. The van der Waals surface area contributed by atoms with Crippen LogP contribution in [0, 0.1) is 0 Å². The first kappa shape index (κ1) is 25.4. The number of aryl methyl sites for hydroxylation is 1. The Labute approximate surface area is 220 Å². The van der Waals surface area contributed by atoms with Crippen molar-refractivity contribution in [2.45, 2.75) is 13.3 Å². The molecule has 184 valence electrons. The van der Waals surface area contributed by atoms with Gasteiger partial charge in [0.25, 0.3) is 11.5 Å². The number of halogens is 2. The molecule has 10 heteroatoms. The maximum atomic E-state index is 13.1. The highest BCUT2D eigenvalue weighted by atomic mass is 79.9. The van der Waals surface area contributed by atoms with Gasteiger partial charge in [0.15, 0.2) is 18.1 Å². The highest BCUT2D eigenvalue weighted by molar-refractivity contribution is 9.10. The van der Waals surface area contributed by atoms with E-state index in [1.54, 1.807) is 36.4 Å². The zero-order chi connectivity index (χ0) is 25.7. The van der Waals surface area contributed by atoms with Gasteiger partial charge >= 0.3 is 0 Å². The zero-order valence-corrected chi connectivity index (χ0v) is 21.8. The van der Waals surface area contributed by atoms with E-state index in [-0.39, 0.29) is 28.8 Å². The molecule has 4 rings (SSSR count). The molecule has 1 amide bonds. The van der Waals surface area contributed by atoms with Crippen molar-refractivity contribution in [1.29, 1.82) is 0 Å². The Morgan fingerprint density at radius 1 is 1.19 bits per heavy atom. The summed E-state index contributed by atoms with van der Waals surface area (Å²) in [6, 6.07) is 17.7. The maximum absolute atomic E-state index is 13.1. The van der Waals surface area contributed by atoms with Crippen molar-refractivity contribution in [3.63, 3.8) is 0 Å². The Kier molecular flexibility index (Phi) is 8.02. The summed E-state index contributed by atoms with van der Waals surface area (Å²) in [6.07, 6.45) is 2.01. The van der Waals surface area contributed by atoms with Gasteiger partial charge in [-0.3, -0.25) is 9.59 Å². The van der Waals surface area contributed by atoms with Crippen molar-refractivity contribution >= 4 is 56.2 Å². The fourth-order valence-corrected chi connectivity index (χ4v) is 4.11. The number of hydrogen-bond donors (Lipinski definition) is 1. The van der Waals surface area contributed by atoms with E-state index in [1.807, 2.05) is 31.2 Å². The normalized spacial score (nSPS) is 11.1. The third-order valence-electron chi connectivity index (χ3n) is 5.17. The van der Waals surface area contributed by atoms with Crippen molar-refractivity contribution < 1.29 is 14.3 Å². The van der Waals surface area contributed by atoms with E-state index in [4.69, 9.17) is 21.1 Å². The Morgan fingerprint density at radius 3 is 2.69 bits per heavy atom.